The third kappa shape index (κ3) is 11.3. The fourth-order valence-electron chi connectivity index (χ4n) is 4.98. The van der Waals surface area contributed by atoms with Crippen molar-refractivity contribution in [3.63, 3.8) is 0 Å². The number of unbranched alkanes of at least 4 members (excludes halogenated alkanes) is 4. The Bertz CT molecular complexity index is 682. The minimum atomic E-state index is -1.84. The molecule has 198 valence electrons. The third-order valence-corrected chi connectivity index (χ3v) is 7.15. The average molecular weight is 487 g/mol. The lowest BCUT2D eigenvalue weighted by atomic mass is 9.63. The van der Waals surface area contributed by atoms with Crippen LogP contribution in [0.5, 0.6) is 0 Å². The summed E-state index contributed by atoms with van der Waals surface area (Å²) in [6, 6.07) is 0. The number of carboxylic acid groups (broad SMARTS) is 4. The molecule has 4 unspecified atom stereocenters. The number of hydrogen-bond donors (Lipinski definition) is 4. The highest BCUT2D eigenvalue weighted by Gasteiger charge is 2.49. The van der Waals surface area contributed by atoms with Crippen LogP contribution in [0, 0.1) is 34.5 Å². The Morgan fingerprint density at radius 1 is 0.676 bits per heavy atom. The van der Waals surface area contributed by atoms with Crippen molar-refractivity contribution in [2.75, 3.05) is 0 Å². The van der Waals surface area contributed by atoms with Gasteiger partial charge in [0.05, 0.1) is 24.2 Å². The molecule has 0 heterocycles. The molecule has 0 rings (SSSR count). The zero-order chi connectivity index (χ0) is 26.7. The first-order valence-corrected chi connectivity index (χ1v) is 12.5. The summed E-state index contributed by atoms with van der Waals surface area (Å²) in [5.74, 6) is -11.9. The second-order valence-corrected chi connectivity index (χ2v) is 11.3. The number of rotatable bonds is 19. The molecule has 0 aromatic carbocycles. The van der Waals surface area contributed by atoms with Gasteiger partial charge < -0.3 is 20.4 Å². The maximum Gasteiger partial charge on any atom is 0.308 e. The Morgan fingerprint density at radius 2 is 1.18 bits per heavy atom. The summed E-state index contributed by atoms with van der Waals surface area (Å²) in [6.45, 7) is 12.2. The summed E-state index contributed by atoms with van der Waals surface area (Å²) in [4.78, 5) is 47.9. The van der Waals surface area contributed by atoms with Crippen LogP contribution in [0.25, 0.3) is 0 Å². The van der Waals surface area contributed by atoms with E-state index in [1.807, 2.05) is 34.6 Å². The monoisotopic (exact) mass is 486 g/mol. The first kappa shape index (κ1) is 31.9. The number of hydrogen-bond acceptors (Lipinski definition) is 4. The van der Waals surface area contributed by atoms with Crippen molar-refractivity contribution >= 4 is 23.9 Å². The molecule has 0 aromatic heterocycles. The highest BCUT2D eigenvalue weighted by atomic mass is 16.4. The van der Waals surface area contributed by atoms with E-state index in [0.717, 1.165) is 44.9 Å². The molecule has 0 saturated carbocycles. The van der Waals surface area contributed by atoms with E-state index in [1.165, 1.54) is 0 Å². The van der Waals surface area contributed by atoms with Crippen LogP contribution < -0.4 is 0 Å². The maximum absolute atomic E-state index is 12.5. The second-order valence-electron chi connectivity index (χ2n) is 11.3. The quantitative estimate of drug-likeness (QED) is 0.168. The topological polar surface area (TPSA) is 149 Å². The molecular weight excluding hydrogens is 440 g/mol. The molecule has 0 aliphatic rings. The summed E-state index contributed by atoms with van der Waals surface area (Å²) in [5, 5.41) is 38.9. The van der Waals surface area contributed by atoms with Gasteiger partial charge in [-0.2, -0.15) is 0 Å². The van der Waals surface area contributed by atoms with Gasteiger partial charge in [0.2, 0.25) is 0 Å². The van der Waals surface area contributed by atoms with Gasteiger partial charge >= 0.3 is 23.9 Å². The summed E-state index contributed by atoms with van der Waals surface area (Å²) in [6.07, 6.45) is 6.95. The van der Waals surface area contributed by atoms with Gasteiger partial charge in [0.1, 0.15) is 0 Å². The van der Waals surface area contributed by atoms with E-state index >= 15 is 0 Å². The first-order valence-electron chi connectivity index (χ1n) is 12.5. The largest absolute Gasteiger partial charge is 0.481 e. The molecule has 0 bridgehead atoms. The predicted molar refractivity (Wildman–Crippen MR) is 130 cm³/mol. The number of carbonyl (C=O) groups is 4. The van der Waals surface area contributed by atoms with Crippen LogP contribution in [0.1, 0.15) is 106 Å². The maximum atomic E-state index is 12.5. The SMILES string of the molecule is CCCCCCCC(C)(C)CC(CC(C)(C)CC)C(C(=O)O)C(C(=O)O)C(CC(=O)O)C(=O)O. The molecule has 8 nitrogen and oxygen atoms in total. The van der Waals surface area contributed by atoms with Crippen LogP contribution in [-0.2, 0) is 19.2 Å². The van der Waals surface area contributed by atoms with E-state index in [4.69, 9.17) is 0 Å². The molecule has 4 atom stereocenters. The van der Waals surface area contributed by atoms with Crippen LogP contribution in [-0.4, -0.2) is 44.3 Å². The van der Waals surface area contributed by atoms with E-state index in [1.54, 1.807) is 0 Å². The number of carboxylic acids is 4. The van der Waals surface area contributed by atoms with Gasteiger partial charge in [-0.1, -0.05) is 80.1 Å². The fraction of sp³-hybridized carbons (Fsp3) is 0.846. The van der Waals surface area contributed by atoms with E-state index in [9.17, 15) is 39.6 Å². The minimum absolute atomic E-state index is 0.275. The van der Waals surface area contributed by atoms with Crippen molar-refractivity contribution in [1.82, 2.24) is 0 Å². The van der Waals surface area contributed by atoms with Gasteiger partial charge in [-0.3, -0.25) is 19.2 Å². The molecule has 0 aromatic rings. The van der Waals surface area contributed by atoms with Crippen LogP contribution in [0.2, 0.25) is 0 Å². The van der Waals surface area contributed by atoms with Gasteiger partial charge in [0.25, 0.3) is 0 Å². The fourth-order valence-corrected chi connectivity index (χ4v) is 4.98. The molecule has 0 radical (unpaired) electrons. The van der Waals surface area contributed by atoms with E-state index < -0.39 is 54.0 Å². The van der Waals surface area contributed by atoms with Crippen LogP contribution in [0.4, 0.5) is 0 Å². The van der Waals surface area contributed by atoms with Gasteiger partial charge in [-0.05, 0) is 36.0 Å². The average Bonchev–Trinajstić information content (AvgIpc) is 2.68. The Kier molecular flexibility index (Phi) is 13.4. The highest BCUT2D eigenvalue weighted by Crippen LogP contribution is 2.45. The van der Waals surface area contributed by atoms with E-state index in [2.05, 4.69) is 6.92 Å². The molecular formula is C26H46O8. The third-order valence-electron chi connectivity index (χ3n) is 7.15. The Labute approximate surface area is 204 Å². The normalized spacial score (nSPS) is 15.8. The highest BCUT2D eigenvalue weighted by molar-refractivity contribution is 5.87. The molecule has 0 amide bonds. The smallest absolute Gasteiger partial charge is 0.308 e. The first-order chi connectivity index (χ1) is 15.6. The number of aliphatic carboxylic acids is 4. The van der Waals surface area contributed by atoms with Crippen LogP contribution in [0.3, 0.4) is 0 Å². The molecule has 0 saturated heterocycles. The van der Waals surface area contributed by atoms with Gasteiger partial charge in [0.15, 0.2) is 0 Å². The lowest BCUT2D eigenvalue weighted by Gasteiger charge is -2.40. The standard InChI is InChI=1S/C26H46O8/c1-7-9-10-11-12-13-26(5,6)16-17(15-25(3,4)8-2)20(23(31)32)21(24(33)34)18(22(29)30)14-19(27)28/h17-18,20-21H,7-16H2,1-6H3,(H,27,28)(H,29,30)(H,31,32)(H,33,34). The molecule has 0 aliphatic carbocycles. The van der Waals surface area contributed by atoms with Crippen molar-refractivity contribution in [3.8, 4) is 0 Å². The van der Waals surface area contributed by atoms with Gasteiger partial charge in [0, 0.05) is 0 Å². The van der Waals surface area contributed by atoms with E-state index in [-0.39, 0.29) is 10.8 Å². The van der Waals surface area contributed by atoms with Crippen LogP contribution in [0.15, 0.2) is 0 Å². The minimum Gasteiger partial charge on any atom is -0.481 e. The zero-order valence-corrected chi connectivity index (χ0v) is 21.8. The molecule has 0 spiro atoms. The summed E-state index contributed by atoms with van der Waals surface area (Å²) >= 11 is 0. The summed E-state index contributed by atoms with van der Waals surface area (Å²) in [5.41, 5.74) is -0.562. The van der Waals surface area contributed by atoms with Crippen molar-refractivity contribution in [2.45, 2.75) is 106 Å². The zero-order valence-electron chi connectivity index (χ0n) is 21.8. The van der Waals surface area contributed by atoms with Crippen molar-refractivity contribution in [2.24, 2.45) is 34.5 Å². The van der Waals surface area contributed by atoms with E-state index in [0.29, 0.717) is 12.8 Å². The van der Waals surface area contributed by atoms with Crippen LogP contribution >= 0.6 is 0 Å². The predicted octanol–water partition coefficient (Wildman–Crippen LogP) is 5.78. The van der Waals surface area contributed by atoms with Gasteiger partial charge in [-0.25, -0.2) is 0 Å². The molecule has 4 N–H and O–H groups in total. The van der Waals surface area contributed by atoms with Gasteiger partial charge in [-0.15, -0.1) is 0 Å². The summed E-state index contributed by atoms with van der Waals surface area (Å²) in [7, 11) is 0. The van der Waals surface area contributed by atoms with Crippen molar-refractivity contribution in [3.05, 3.63) is 0 Å². The second kappa shape index (κ2) is 14.3. The van der Waals surface area contributed by atoms with Crippen molar-refractivity contribution in [1.29, 1.82) is 0 Å². The molecule has 8 heteroatoms. The Hall–Kier alpha value is -2.12. The lowest BCUT2D eigenvalue weighted by Crippen LogP contribution is -2.45. The van der Waals surface area contributed by atoms with Crippen molar-refractivity contribution < 1.29 is 39.6 Å². The lowest BCUT2D eigenvalue weighted by molar-refractivity contribution is -0.167. The molecule has 0 aliphatic heterocycles. The molecule has 34 heavy (non-hydrogen) atoms. The Morgan fingerprint density at radius 3 is 1.59 bits per heavy atom. The summed E-state index contributed by atoms with van der Waals surface area (Å²) < 4.78 is 0. The molecule has 0 fully saturated rings. The Balaban J connectivity index is 6.22.